The molecule has 122 valence electrons. The van der Waals surface area contributed by atoms with Gasteiger partial charge in [-0.2, -0.15) is 8.78 Å². The van der Waals surface area contributed by atoms with E-state index in [1.807, 2.05) is 0 Å². The molecule has 0 bridgehead atoms. The number of aliphatic hydroxyl groups is 1. The molecule has 23 heavy (non-hydrogen) atoms. The smallest absolute Gasteiger partial charge is 0.366 e. The van der Waals surface area contributed by atoms with Crippen LogP contribution in [0.15, 0.2) is 48.7 Å². The van der Waals surface area contributed by atoms with Crippen molar-refractivity contribution in [3.8, 4) is 0 Å². The van der Waals surface area contributed by atoms with Gasteiger partial charge in [-0.3, -0.25) is 9.78 Å². The zero-order valence-electron chi connectivity index (χ0n) is 12.2. The Kier molecular flexibility index (Phi) is 5.00. The number of alkyl halides is 2. The molecule has 0 aliphatic carbocycles. The molecule has 0 aliphatic heterocycles. The van der Waals surface area contributed by atoms with Crippen LogP contribution >= 0.6 is 0 Å². The molecule has 2 N–H and O–H groups in total. The van der Waals surface area contributed by atoms with Crippen molar-refractivity contribution in [2.75, 3.05) is 0 Å². The van der Waals surface area contributed by atoms with E-state index in [0.717, 1.165) is 24.4 Å². The van der Waals surface area contributed by atoms with E-state index in [2.05, 4.69) is 10.3 Å². The summed E-state index contributed by atoms with van der Waals surface area (Å²) >= 11 is 0. The van der Waals surface area contributed by atoms with Gasteiger partial charge < -0.3 is 10.4 Å². The van der Waals surface area contributed by atoms with E-state index < -0.39 is 35.5 Å². The molecule has 1 amide bonds. The van der Waals surface area contributed by atoms with Crippen LogP contribution in [0.2, 0.25) is 0 Å². The van der Waals surface area contributed by atoms with Crippen molar-refractivity contribution in [2.45, 2.75) is 25.0 Å². The lowest BCUT2D eigenvalue weighted by Crippen LogP contribution is -2.45. The molecule has 7 heteroatoms. The Hall–Kier alpha value is -2.41. The van der Waals surface area contributed by atoms with Crippen LogP contribution in [-0.4, -0.2) is 22.0 Å². The Morgan fingerprint density at radius 2 is 1.87 bits per heavy atom. The van der Waals surface area contributed by atoms with Crippen molar-refractivity contribution < 1.29 is 23.1 Å². The number of nitrogens with one attached hydrogen (secondary N) is 1. The lowest BCUT2D eigenvalue weighted by Gasteiger charge is -2.23. The molecule has 0 unspecified atom stereocenters. The van der Waals surface area contributed by atoms with E-state index in [1.165, 1.54) is 31.2 Å². The van der Waals surface area contributed by atoms with Gasteiger partial charge in [0.25, 0.3) is 5.91 Å². The molecule has 1 heterocycles. The normalized spacial score (nSPS) is 14.1. The summed E-state index contributed by atoms with van der Waals surface area (Å²) in [5.74, 6) is -5.87. The third kappa shape index (κ3) is 3.87. The van der Waals surface area contributed by atoms with Crippen molar-refractivity contribution in [2.24, 2.45) is 0 Å². The molecule has 0 spiro atoms. The van der Waals surface area contributed by atoms with Crippen LogP contribution < -0.4 is 5.32 Å². The zero-order chi connectivity index (χ0) is 17.0. The summed E-state index contributed by atoms with van der Waals surface area (Å²) in [4.78, 5) is 15.3. The first-order valence-electron chi connectivity index (χ1n) is 6.86. The van der Waals surface area contributed by atoms with Gasteiger partial charge in [-0.1, -0.05) is 18.2 Å². The van der Waals surface area contributed by atoms with Crippen molar-refractivity contribution in [1.82, 2.24) is 10.3 Å². The maximum absolute atomic E-state index is 14.0. The number of amides is 1. The quantitative estimate of drug-likeness (QED) is 0.888. The van der Waals surface area contributed by atoms with Crippen molar-refractivity contribution in [3.63, 3.8) is 0 Å². The first-order valence-corrected chi connectivity index (χ1v) is 6.86. The van der Waals surface area contributed by atoms with Crippen LogP contribution in [0.5, 0.6) is 0 Å². The molecule has 2 rings (SSSR count). The zero-order valence-corrected chi connectivity index (χ0v) is 12.2. The van der Waals surface area contributed by atoms with E-state index >= 15 is 0 Å². The molecular weight excluding hydrogens is 309 g/mol. The van der Waals surface area contributed by atoms with Crippen molar-refractivity contribution in [3.05, 3.63) is 65.7 Å². The van der Waals surface area contributed by atoms with Crippen LogP contribution in [-0.2, 0) is 10.7 Å². The highest BCUT2D eigenvalue weighted by atomic mass is 19.3. The number of rotatable bonds is 5. The van der Waals surface area contributed by atoms with Gasteiger partial charge >= 0.3 is 5.92 Å². The van der Waals surface area contributed by atoms with Gasteiger partial charge in [0.1, 0.15) is 11.5 Å². The van der Waals surface area contributed by atoms with Crippen molar-refractivity contribution in [1.29, 1.82) is 0 Å². The average Bonchev–Trinajstić information content (AvgIpc) is 2.55. The van der Waals surface area contributed by atoms with Crippen LogP contribution in [0.4, 0.5) is 13.2 Å². The third-order valence-electron chi connectivity index (χ3n) is 3.32. The fraction of sp³-hybridized carbons (Fsp3) is 0.250. The van der Waals surface area contributed by atoms with Gasteiger partial charge in [0.15, 0.2) is 0 Å². The Morgan fingerprint density at radius 3 is 2.43 bits per heavy atom. The number of aliphatic hydroxyl groups excluding tert-OH is 1. The van der Waals surface area contributed by atoms with Gasteiger partial charge in [0.05, 0.1) is 12.1 Å². The number of carbonyl (C=O) groups is 1. The third-order valence-corrected chi connectivity index (χ3v) is 3.32. The minimum atomic E-state index is -3.82. The molecule has 0 saturated carbocycles. The number of hydrogen-bond donors (Lipinski definition) is 2. The molecule has 2 atom stereocenters. The van der Waals surface area contributed by atoms with Crippen LogP contribution in [0.25, 0.3) is 0 Å². The second-order valence-electron chi connectivity index (χ2n) is 5.05. The molecule has 0 fully saturated rings. The highest BCUT2D eigenvalue weighted by Crippen LogP contribution is 2.27. The molecule has 2 aromatic rings. The van der Waals surface area contributed by atoms with E-state index in [4.69, 9.17) is 0 Å². The predicted molar refractivity (Wildman–Crippen MR) is 77.1 cm³/mol. The summed E-state index contributed by atoms with van der Waals surface area (Å²) < 4.78 is 40.9. The van der Waals surface area contributed by atoms with Gasteiger partial charge in [0.2, 0.25) is 0 Å². The second-order valence-corrected chi connectivity index (χ2v) is 5.05. The van der Waals surface area contributed by atoms with E-state index in [0.29, 0.717) is 5.56 Å². The summed E-state index contributed by atoms with van der Waals surface area (Å²) in [5.41, 5.74) is -0.374. The lowest BCUT2D eigenvalue weighted by molar-refractivity contribution is -0.149. The molecule has 4 nitrogen and oxygen atoms in total. The second kappa shape index (κ2) is 6.78. The summed E-state index contributed by atoms with van der Waals surface area (Å²) in [5, 5.41) is 12.1. The first-order chi connectivity index (χ1) is 10.8. The Labute approximate surface area is 131 Å². The lowest BCUT2D eigenvalue weighted by atomic mass is 10.0. The number of benzene rings is 1. The number of nitrogens with zero attached hydrogens (tertiary/aromatic N) is 1. The Balaban J connectivity index is 2.08. The molecule has 0 radical (unpaired) electrons. The number of carbonyl (C=O) groups excluding carboxylic acids is 1. The summed E-state index contributed by atoms with van der Waals surface area (Å²) in [7, 11) is 0. The maximum atomic E-state index is 14.0. The van der Waals surface area contributed by atoms with Gasteiger partial charge in [-0.05, 0) is 36.8 Å². The molecule has 0 saturated heterocycles. The number of halogens is 3. The van der Waals surface area contributed by atoms with Gasteiger partial charge in [0, 0.05) is 6.20 Å². The topological polar surface area (TPSA) is 62.2 Å². The first kappa shape index (κ1) is 17.0. The van der Waals surface area contributed by atoms with E-state index in [9.17, 15) is 23.1 Å². The minimum absolute atomic E-state index is 0.306. The molecule has 1 aromatic carbocycles. The monoisotopic (exact) mass is 324 g/mol. The number of aromatic nitrogens is 1. The Morgan fingerprint density at radius 1 is 1.22 bits per heavy atom. The summed E-state index contributed by atoms with van der Waals surface area (Å²) in [6.07, 6.45) is -0.0908. The molecule has 0 aliphatic rings. The average molecular weight is 324 g/mol. The van der Waals surface area contributed by atoms with Crippen LogP contribution in [0.1, 0.15) is 24.3 Å². The standard InChI is InChI=1S/C16H15F3N2O2/c1-10(14(22)11-5-7-12(17)8-6-11)21-15(23)16(18,19)13-4-2-3-9-20-13/h2-10,14,22H,1H3,(H,21,23)/t10-,14+/m1/s1. The van der Waals surface area contributed by atoms with Crippen molar-refractivity contribution >= 4 is 5.91 Å². The van der Waals surface area contributed by atoms with E-state index in [1.54, 1.807) is 0 Å². The van der Waals surface area contributed by atoms with Crippen LogP contribution in [0, 0.1) is 5.82 Å². The molecular formula is C16H15F3N2O2. The number of hydrogen-bond acceptors (Lipinski definition) is 3. The van der Waals surface area contributed by atoms with E-state index in [-0.39, 0.29) is 0 Å². The highest BCUT2D eigenvalue weighted by Gasteiger charge is 2.43. The Bertz CT molecular complexity index is 663. The minimum Gasteiger partial charge on any atom is -0.386 e. The largest absolute Gasteiger partial charge is 0.386 e. The van der Waals surface area contributed by atoms with Crippen LogP contribution in [0.3, 0.4) is 0 Å². The molecule has 1 aromatic heterocycles. The summed E-state index contributed by atoms with van der Waals surface area (Å²) in [6, 6.07) is 7.76. The SMILES string of the molecule is C[C@@H](NC(=O)C(F)(F)c1ccccn1)[C@H](O)c1ccc(F)cc1. The van der Waals surface area contributed by atoms with Gasteiger partial charge in [-0.15, -0.1) is 0 Å². The fourth-order valence-electron chi connectivity index (χ4n) is 1.99. The predicted octanol–water partition coefficient (Wildman–Crippen LogP) is 2.55. The maximum Gasteiger partial charge on any atom is 0.366 e. The van der Waals surface area contributed by atoms with Gasteiger partial charge in [-0.25, -0.2) is 4.39 Å². The highest BCUT2D eigenvalue weighted by molar-refractivity contribution is 5.84. The number of pyridine rings is 1. The fourth-order valence-corrected chi connectivity index (χ4v) is 1.99. The summed E-state index contributed by atoms with van der Waals surface area (Å²) in [6.45, 7) is 1.38.